The molecule has 1 saturated heterocycles. The SMILES string of the molecule is Cc1cc(=O)c(O)c(CN2CC(C)OC(C)C2)n1C1CC1. The van der Waals surface area contributed by atoms with Crippen molar-refractivity contribution in [1.82, 2.24) is 9.47 Å². The van der Waals surface area contributed by atoms with Crippen LogP contribution in [0.2, 0.25) is 0 Å². The quantitative estimate of drug-likeness (QED) is 0.923. The molecule has 2 aliphatic rings. The van der Waals surface area contributed by atoms with Crippen LogP contribution in [-0.2, 0) is 11.3 Å². The van der Waals surface area contributed by atoms with Gasteiger partial charge in [-0.05, 0) is 33.6 Å². The lowest BCUT2D eigenvalue weighted by atomic mass is 10.2. The highest BCUT2D eigenvalue weighted by molar-refractivity contribution is 5.31. The van der Waals surface area contributed by atoms with Crippen LogP contribution < -0.4 is 5.43 Å². The molecule has 5 heteroatoms. The fourth-order valence-electron chi connectivity index (χ4n) is 3.41. The van der Waals surface area contributed by atoms with E-state index in [0.29, 0.717) is 12.6 Å². The average Bonchev–Trinajstić information content (AvgIpc) is 3.19. The van der Waals surface area contributed by atoms with Crippen molar-refractivity contribution >= 4 is 0 Å². The second-order valence-corrected chi connectivity index (χ2v) is 6.50. The van der Waals surface area contributed by atoms with Gasteiger partial charge in [0.15, 0.2) is 5.75 Å². The topological polar surface area (TPSA) is 54.7 Å². The molecule has 1 aliphatic carbocycles. The first kappa shape index (κ1) is 14.6. The van der Waals surface area contributed by atoms with Crippen LogP contribution >= 0.6 is 0 Å². The fourth-order valence-corrected chi connectivity index (χ4v) is 3.41. The molecule has 2 atom stereocenters. The molecule has 1 aromatic heterocycles. The monoisotopic (exact) mass is 292 g/mol. The van der Waals surface area contributed by atoms with Gasteiger partial charge in [0.05, 0.1) is 17.9 Å². The van der Waals surface area contributed by atoms with Crippen molar-refractivity contribution in [1.29, 1.82) is 0 Å². The summed E-state index contributed by atoms with van der Waals surface area (Å²) in [4.78, 5) is 14.2. The van der Waals surface area contributed by atoms with Gasteiger partial charge in [0.25, 0.3) is 0 Å². The van der Waals surface area contributed by atoms with Crippen LogP contribution in [0, 0.1) is 6.92 Å². The minimum Gasteiger partial charge on any atom is -0.503 e. The molecule has 1 saturated carbocycles. The third kappa shape index (κ3) is 2.99. The summed E-state index contributed by atoms with van der Waals surface area (Å²) in [6.07, 6.45) is 2.63. The summed E-state index contributed by atoms with van der Waals surface area (Å²) < 4.78 is 7.90. The van der Waals surface area contributed by atoms with Gasteiger partial charge in [0.1, 0.15) is 0 Å². The van der Waals surface area contributed by atoms with Crippen LogP contribution in [0.1, 0.15) is 44.1 Å². The van der Waals surface area contributed by atoms with Crippen LogP contribution in [-0.4, -0.2) is 39.9 Å². The molecule has 2 heterocycles. The second-order valence-electron chi connectivity index (χ2n) is 6.50. The summed E-state index contributed by atoms with van der Waals surface area (Å²) in [7, 11) is 0. The van der Waals surface area contributed by atoms with Crippen LogP contribution in [0.3, 0.4) is 0 Å². The molecule has 21 heavy (non-hydrogen) atoms. The van der Waals surface area contributed by atoms with Gasteiger partial charge in [-0.1, -0.05) is 0 Å². The Morgan fingerprint density at radius 3 is 2.48 bits per heavy atom. The Balaban J connectivity index is 1.92. The van der Waals surface area contributed by atoms with Gasteiger partial charge >= 0.3 is 0 Å². The molecule has 0 spiro atoms. The Kier molecular flexibility index (Phi) is 3.80. The number of aromatic nitrogens is 1. The van der Waals surface area contributed by atoms with Gasteiger partial charge in [-0.2, -0.15) is 0 Å². The van der Waals surface area contributed by atoms with Gasteiger partial charge in [0.2, 0.25) is 5.43 Å². The Morgan fingerprint density at radius 1 is 1.29 bits per heavy atom. The van der Waals surface area contributed by atoms with Gasteiger partial charge in [-0.3, -0.25) is 9.69 Å². The summed E-state index contributed by atoms with van der Waals surface area (Å²) in [5.41, 5.74) is 1.45. The zero-order valence-electron chi connectivity index (χ0n) is 13.0. The number of aromatic hydroxyl groups is 1. The first-order chi connectivity index (χ1) is 9.95. The van der Waals surface area contributed by atoms with Crippen molar-refractivity contribution in [2.24, 2.45) is 0 Å². The zero-order chi connectivity index (χ0) is 15.1. The molecule has 2 fully saturated rings. The molecule has 3 rings (SSSR count). The first-order valence-electron chi connectivity index (χ1n) is 7.77. The molecule has 2 unspecified atom stereocenters. The molecular formula is C16H24N2O3. The van der Waals surface area contributed by atoms with Crippen LogP contribution in [0.5, 0.6) is 5.75 Å². The molecule has 1 N–H and O–H groups in total. The minimum absolute atomic E-state index is 0.0840. The number of rotatable bonds is 3. The van der Waals surface area contributed by atoms with E-state index in [4.69, 9.17) is 4.74 Å². The van der Waals surface area contributed by atoms with Crippen molar-refractivity contribution in [3.63, 3.8) is 0 Å². The Bertz CT molecular complexity index is 582. The summed E-state index contributed by atoms with van der Waals surface area (Å²) in [6.45, 7) is 8.34. The van der Waals surface area contributed by atoms with E-state index in [1.54, 1.807) is 6.07 Å². The fraction of sp³-hybridized carbons (Fsp3) is 0.688. The summed E-state index contributed by atoms with van der Waals surface area (Å²) in [5, 5.41) is 10.3. The number of pyridine rings is 1. The molecule has 116 valence electrons. The predicted molar refractivity (Wildman–Crippen MR) is 80.7 cm³/mol. The summed E-state index contributed by atoms with van der Waals surface area (Å²) >= 11 is 0. The molecule has 0 aromatic carbocycles. The molecule has 5 nitrogen and oxygen atoms in total. The standard InChI is InChI=1S/C16H24N2O3/c1-10-6-15(19)16(20)14(18(10)13-4-5-13)9-17-7-11(2)21-12(3)8-17/h6,11-13,20H,4-5,7-9H2,1-3H3. The van der Waals surface area contributed by atoms with E-state index >= 15 is 0 Å². The molecule has 1 aliphatic heterocycles. The van der Waals surface area contributed by atoms with Gasteiger partial charge < -0.3 is 14.4 Å². The highest BCUT2D eigenvalue weighted by Crippen LogP contribution is 2.38. The number of ether oxygens (including phenoxy) is 1. The summed E-state index contributed by atoms with van der Waals surface area (Å²) in [5.74, 6) is -0.0840. The lowest BCUT2D eigenvalue weighted by Crippen LogP contribution is -2.45. The molecule has 0 amide bonds. The minimum atomic E-state index is -0.270. The Labute approximate surface area is 125 Å². The van der Waals surface area contributed by atoms with Crippen LogP contribution in [0.25, 0.3) is 0 Å². The van der Waals surface area contributed by atoms with Crippen molar-refractivity contribution in [3.8, 4) is 5.75 Å². The third-order valence-corrected chi connectivity index (χ3v) is 4.30. The van der Waals surface area contributed by atoms with Gasteiger partial charge in [0, 0.05) is 37.4 Å². The lowest BCUT2D eigenvalue weighted by Gasteiger charge is -2.36. The maximum Gasteiger partial charge on any atom is 0.223 e. The van der Waals surface area contributed by atoms with Crippen LogP contribution in [0.15, 0.2) is 10.9 Å². The van der Waals surface area contributed by atoms with Crippen molar-refractivity contribution in [2.75, 3.05) is 13.1 Å². The molecule has 0 bridgehead atoms. The van der Waals surface area contributed by atoms with E-state index in [0.717, 1.165) is 37.3 Å². The lowest BCUT2D eigenvalue weighted by molar-refractivity contribution is -0.0712. The molecular weight excluding hydrogens is 268 g/mol. The maximum atomic E-state index is 11.9. The Morgan fingerprint density at radius 2 is 1.90 bits per heavy atom. The van der Waals surface area contributed by atoms with Crippen molar-refractivity contribution in [3.05, 3.63) is 27.7 Å². The van der Waals surface area contributed by atoms with Gasteiger partial charge in [-0.25, -0.2) is 0 Å². The summed E-state index contributed by atoms with van der Waals surface area (Å²) in [6, 6.07) is 1.99. The largest absolute Gasteiger partial charge is 0.503 e. The Hall–Kier alpha value is -1.33. The highest BCUT2D eigenvalue weighted by Gasteiger charge is 2.30. The maximum absolute atomic E-state index is 11.9. The number of aryl methyl sites for hydroxylation is 1. The van der Waals surface area contributed by atoms with E-state index in [-0.39, 0.29) is 23.4 Å². The van der Waals surface area contributed by atoms with E-state index in [9.17, 15) is 9.90 Å². The third-order valence-electron chi connectivity index (χ3n) is 4.30. The second kappa shape index (κ2) is 5.46. The molecule has 1 aromatic rings. The van der Waals surface area contributed by atoms with E-state index in [1.807, 2.05) is 6.92 Å². The van der Waals surface area contributed by atoms with E-state index in [1.165, 1.54) is 0 Å². The number of hydrogen-bond acceptors (Lipinski definition) is 4. The first-order valence-corrected chi connectivity index (χ1v) is 7.77. The number of hydrogen-bond donors (Lipinski definition) is 1. The van der Waals surface area contributed by atoms with Crippen molar-refractivity contribution < 1.29 is 9.84 Å². The average molecular weight is 292 g/mol. The van der Waals surface area contributed by atoms with Crippen molar-refractivity contribution in [2.45, 2.75) is 58.4 Å². The smallest absolute Gasteiger partial charge is 0.223 e. The van der Waals surface area contributed by atoms with E-state index in [2.05, 4.69) is 23.3 Å². The van der Waals surface area contributed by atoms with E-state index < -0.39 is 0 Å². The predicted octanol–water partition coefficient (Wildman–Crippen LogP) is 1.81. The molecule has 0 radical (unpaired) electrons. The highest BCUT2D eigenvalue weighted by atomic mass is 16.5. The number of morpholine rings is 1. The number of nitrogens with zero attached hydrogens (tertiary/aromatic N) is 2. The van der Waals surface area contributed by atoms with Crippen LogP contribution in [0.4, 0.5) is 0 Å². The van der Waals surface area contributed by atoms with Gasteiger partial charge in [-0.15, -0.1) is 0 Å². The zero-order valence-corrected chi connectivity index (χ0v) is 13.0. The normalized spacial score (nSPS) is 27.0.